The number of halogens is 1. The van der Waals surface area contributed by atoms with E-state index in [0.717, 1.165) is 12.0 Å². The molecular formula is C19H16FN3O2. The van der Waals surface area contributed by atoms with Crippen molar-refractivity contribution in [1.82, 2.24) is 15.0 Å². The van der Waals surface area contributed by atoms with Gasteiger partial charge in [0.1, 0.15) is 11.5 Å². The van der Waals surface area contributed by atoms with Crippen LogP contribution in [0.25, 0.3) is 11.5 Å². The molecule has 6 heteroatoms. The van der Waals surface area contributed by atoms with Crippen molar-refractivity contribution in [3.05, 3.63) is 71.8 Å². The van der Waals surface area contributed by atoms with Crippen molar-refractivity contribution in [2.75, 3.05) is 13.1 Å². The topological polar surface area (TPSA) is 59.2 Å². The van der Waals surface area contributed by atoms with Gasteiger partial charge in [-0.15, -0.1) is 0 Å². The fourth-order valence-electron chi connectivity index (χ4n) is 3.14. The lowest BCUT2D eigenvalue weighted by Crippen LogP contribution is -2.28. The minimum atomic E-state index is -0.251. The fourth-order valence-corrected chi connectivity index (χ4v) is 3.14. The van der Waals surface area contributed by atoms with Gasteiger partial charge in [0.15, 0.2) is 11.5 Å². The molecule has 0 aliphatic carbocycles. The van der Waals surface area contributed by atoms with Crippen LogP contribution < -0.4 is 0 Å². The third-order valence-electron chi connectivity index (χ3n) is 4.44. The van der Waals surface area contributed by atoms with E-state index >= 15 is 0 Å². The highest BCUT2D eigenvalue weighted by molar-refractivity contribution is 5.93. The quantitative estimate of drug-likeness (QED) is 0.734. The molecule has 1 aromatic carbocycles. The summed E-state index contributed by atoms with van der Waals surface area (Å²) in [5.74, 6) is 0.176. The van der Waals surface area contributed by atoms with Gasteiger partial charge >= 0.3 is 0 Å². The number of hydrogen-bond donors (Lipinski definition) is 0. The van der Waals surface area contributed by atoms with Crippen molar-refractivity contribution in [2.24, 2.45) is 0 Å². The Morgan fingerprint density at radius 1 is 1.20 bits per heavy atom. The predicted molar refractivity (Wildman–Crippen MR) is 89.4 cm³/mol. The maximum Gasteiger partial charge on any atom is 0.276 e. The molecule has 2 aromatic heterocycles. The lowest BCUT2D eigenvalue weighted by Gasteiger charge is -2.15. The molecule has 5 nitrogen and oxygen atoms in total. The van der Waals surface area contributed by atoms with Gasteiger partial charge < -0.3 is 9.42 Å². The van der Waals surface area contributed by atoms with E-state index in [1.807, 2.05) is 18.2 Å². The Morgan fingerprint density at radius 3 is 2.92 bits per heavy atom. The number of rotatable bonds is 3. The predicted octanol–water partition coefficient (Wildman–Crippen LogP) is 3.51. The van der Waals surface area contributed by atoms with Crippen LogP contribution >= 0.6 is 0 Å². The van der Waals surface area contributed by atoms with E-state index in [1.54, 1.807) is 29.3 Å². The molecule has 1 atom stereocenters. The molecule has 1 aliphatic heterocycles. The second-order valence-corrected chi connectivity index (χ2v) is 6.08. The standard InChI is InChI=1S/C19H16FN3O2/c20-15-5-3-4-13(10-15)14-7-9-23(12-14)19(24)17-11-18(25-22-17)16-6-1-2-8-21-16/h1-6,8,10-11,14H,7,9,12H2. The van der Waals surface area contributed by atoms with E-state index in [1.165, 1.54) is 12.1 Å². The molecule has 0 bridgehead atoms. The lowest BCUT2D eigenvalue weighted by atomic mass is 9.98. The van der Waals surface area contributed by atoms with Crippen LogP contribution in [0.15, 0.2) is 59.3 Å². The van der Waals surface area contributed by atoms with E-state index in [4.69, 9.17) is 4.52 Å². The molecule has 0 radical (unpaired) electrons. The second kappa shape index (κ2) is 6.47. The Labute approximate surface area is 144 Å². The minimum absolute atomic E-state index is 0.141. The maximum absolute atomic E-state index is 13.4. The largest absolute Gasteiger partial charge is 0.354 e. The molecule has 0 spiro atoms. The minimum Gasteiger partial charge on any atom is -0.354 e. The van der Waals surface area contributed by atoms with Crippen LogP contribution in [0, 0.1) is 5.82 Å². The number of pyridine rings is 1. The van der Waals surface area contributed by atoms with E-state index < -0.39 is 0 Å². The van der Waals surface area contributed by atoms with Gasteiger partial charge in [-0.3, -0.25) is 9.78 Å². The summed E-state index contributed by atoms with van der Waals surface area (Å²) in [5.41, 5.74) is 1.82. The van der Waals surface area contributed by atoms with E-state index in [-0.39, 0.29) is 23.3 Å². The summed E-state index contributed by atoms with van der Waals surface area (Å²) in [4.78, 5) is 18.6. The molecule has 1 unspecified atom stereocenters. The van der Waals surface area contributed by atoms with Gasteiger partial charge in [-0.1, -0.05) is 23.4 Å². The third kappa shape index (κ3) is 3.15. The summed E-state index contributed by atoms with van der Waals surface area (Å²) in [7, 11) is 0. The number of likely N-dealkylation sites (tertiary alicyclic amines) is 1. The van der Waals surface area contributed by atoms with E-state index in [0.29, 0.717) is 24.5 Å². The Balaban J connectivity index is 1.48. The molecule has 1 saturated heterocycles. The average Bonchev–Trinajstić information content (AvgIpc) is 3.32. The SMILES string of the molecule is O=C(c1cc(-c2ccccn2)on1)N1CCC(c2cccc(F)c2)C1. The van der Waals surface area contributed by atoms with Gasteiger partial charge in [0.2, 0.25) is 0 Å². The van der Waals surface area contributed by atoms with Gasteiger partial charge in [-0.25, -0.2) is 4.39 Å². The maximum atomic E-state index is 13.4. The zero-order chi connectivity index (χ0) is 17.2. The fraction of sp³-hybridized carbons (Fsp3) is 0.211. The van der Waals surface area contributed by atoms with Gasteiger partial charge in [-0.05, 0) is 36.2 Å². The highest BCUT2D eigenvalue weighted by atomic mass is 19.1. The second-order valence-electron chi connectivity index (χ2n) is 6.08. The summed E-state index contributed by atoms with van der Waals surface area (Å²) in [6.45, 7) is 1.17. The zero-order valence-electron chi connectivity index (χ0n) is 13.4. The number of carbonyl (C=O) groups excluding carboxylic acids is 1. The van der Waals surface area contributed by atoms with Crippen LogP contribution in [0.4, 0.5) is 4.39 Å². The van der Waals surface area contributed by atoms with Gasteiger partial charge in [0.05, 0.1) is 0 Å². The molecule has 1 aliphatic rings. The smallest absolute Gasteiger partial charge is 0.276 e. The average molecular weight is 337 g/mol. The van der Waals surface area contributed by atoms with Crippen molar-refractivity contribution in [3.63, 3.8) is 0 Å². The first-order valence-corrected chi connectivity index (χ1v) is 8.13. The van der Waals surface area contributed by atoms with Crippen molar-refractivity contribution in [2.45, 2.75) is 12.3 Å². The van der Waals surface area contributed by atoms with Crippen LogP contribution in [0.2, 0.25) is 0 Å². The van der Waals surface area contributed by atoms with Crippen LogP contribution in [0.1, 0.15) is 28.4 Å². The van der Waals surface area contributed by atoms with Gasteiger partial charge in [0.25, 0.3) is 5.91 Å². The van der Waals surface area contributed by atoms with Crippen LogP contribution in [0.3, 0.4) is 0 Å². The normalized spacial score (nSPS) is 17.0. The molecule has 0 saturated carbocycles. The number of nitrogens with zero attached hydrogens (tertiary/aromatic N) is 3. The Bertz CT molecular complexity index is 894. The molecule has 3 heterocycles. The van der Waals surface area contributed by atoms with Crippen LogP contribution in [-0.2, 0) is 0 Å². The van der Waals surface area contributed by atoms with Crippen molar-refractivity contribution in [3.8, 4) is 11.5 Å². The van der Waals surface area contributed by atoms with Gasteiger partial charge in [-0.2, -0.15) is 0 Å². The molecule has 1 fully saturated rings. The summed E-state index contributed by atoms with van der Waals surface area (Å²) in [6, 6.07) is 13.6. The molecule has 1 amide bonds. The molecule has 126 valence electrons. The number of carbonyl (C=O) groups is 1. The molecule has 25 heavy (non-hydrogen) atoms. The molecule has 4 rings (SSSR count). The number of benzene rings is 1. The van der Waals surface area contributed by atoms with E-state index in [9.17, 15) is 9.18 Å². The summed E-state index contributed by atoms with van der Waals surface area (Å²) in [5, 5.41) is 3.88. The molecule has 3 aromatic rings. The number of amides is 1. The first-order chi connectivity index (χ1) is 12.2. The van der Waals surface area contributed by atoms with Crippen molar-refractivity contribution < 1.29 is 13.7 Å². The summed E-state index contributed by atoms with van der Waals surface area (Å²) in [6.07, 6.45) is 2.46. The van der Waals surface area contributed by atoms with Gasteiger partial charge in [0, 0.05) is 31.3 Å². The molecule has 0 N–H and O–H groups in total. The molecular weight excluding hydrogens is 321 g/mol. The van der Waals surface area contributed by atoms with Crippen molar-refractivity contribution in [1.29, 1.82) is 0 Å². The van der Waals surface area contributed by atoms with Crippen LogP contribution in [0.5, 0.6) is 0 Å². The Kier molecular flexibility index (Phi) is 4.01. The zero-order valence-corrected chi connectivity index (χ0v) is 13.4. The number of aromatic nitrogens is 2. The third-order valence-corrected chi connectivity index (χ3v) is 4.44. The van der Waals surface area contributed by atoms with Crippen molar-refractivity contribution >= 4 is 5.91 Å². The monoisotopic (exact) mass is 337 g/mol. The highest BCUT2D eigenvalue weighted by Crippen LogP contribution is 2.29. The first-order valence-electron chi connectivity index (χ1n) is 8.13. The first kappa shape index (κ1) is 15.5. The van der Waals surface area contributed by atoms with E-state index in [2.05, 4.69) is 10.1 Å². The Hall–Kier alpha value is -3.02. The lowest BCUT2D eigenvalue weighted by molar-refractivity contribution is 0.0780. The number of hydrogen-bond acceptors (Lipinski definition) is 4. The highest BCUT2D eigenvalue weighted by Gasteiger charge is 2.29. The van der Waals surface area contributed by atoms with Crippen LogP contribution in [-0.4, -0.2) is 34.0 Å². The Morgan fingerprint density at radius 2 is 2.12 bits per heavy atom. The summed E-state index contributed by atoms with van der Waals surface area (Å²) < 4.78 is 18.6. The summed E-state index contributed by atoms with van der Waals surface area (Å²) >= 11 is 0.